The molecule has 0 aliphatic carbocycles. The molecule has 0 saturated heterocycles. The molecule has 1 atom stereocenters. The first-order valence-corrected chi connectivity index (χ1v) is 6.37. The molecule has 1 aromatic carbocycles. The molecule has 100 valence electrons. The molecule has 0 fully saturated rings. The molecule has 3 heteroatoms. The first-order valence-electron chi connectivity index (χ1n) is 6.37. The second kappa shape index (κ2) is 8.06. The first kappa shape index (κ1) is 14.9. The molecule has 0 aliphatic heterocycles. The van der Waals surface area contributed by atoms with Gasteiger partial charge >= 0.3 is 5.97 Å². The maximum absolute atomic E-state index is 11.8. The van der Waals surface area contributed by atoms with Crippen LogP contribution in [0.15, 0.2) is 42.1 Å². The van der Waals surface area contributed by atoms with Crippen LogP contribution in [0.4, 0.5) is 0 Å². The van der Waals surface area contributed by atoms with Crippen molar-refractivity contribution in [3.05, 3.63) is 47.7 Å². The molecule has 0 saturated carbocycles. The van der Waals surface area contributed by atoms with Gasteiger partial charge in [0.1, 0.15) is 12.2 Å². The average molecular weight is 258 g/mol. The van der Waals surface area contributed by atoms with E-state index in [0.29, 0.717) is 11.9 Å². The van der Waals surface area contributed by atoms with Gasteiger partial charge in [0.15, 0.2) is 0 Å². The van der Waals surface area contributed by atoms with E-state index in [2.05, 4.69) is 5.73 Å². The molecule has 0 radical (unpaired) electrons. The Kier molecular flexibility index (Phi) is 6.34. The highest BCUT2D eigenvalue weighted by atomic mass is 16.5. The highest BCUT2D eigenvalue weighted by Gasteiger charge is 2.24. The summed E-state index contributed by atoms with van der Waals surface area (Å²) in [6.07, 6.45) is 3.19. The Hall–Kier alpha value is -2.12. The summed E-state index contributed by atoms with van der Waals surface area (Å²) in [5.41, 5.74) is 4.39. The van der Waals surface area contributed by atoms with Crippen molar-refractivity contribution in [3.63, 3.8) is 0 Å². The van der Waals surface area contributed by atoms with Crippen LogP contribution in [0.5, 0.6) is 0 Å². The van der Waals surface area contributed by atoms with E-state index in [9.17, 15) is 9.59 Å². The lowest BCUT2D eigenvalue weighted by atomic mass is 9.94. The van der Waals surface area contributed by atoms with Gasteiger partial charge in [-0.25, -0.2) is 0 Å². The van der Waals surface area contributed by atoms with Gasteiger partial charge in [-0.1, -0.05) is 37.3 Å². The number of aldehydes is 1. The number of benzene rings is 1. The fourth-order valence-corrected chi connectivity index (χ4v) is 1.66. The largest absolute Gasteiger partial charge is 0.465 e. The lowest BCUT2D eigenvalue weighted by Crippen LogP contribution is -2.20. The molecule has 1 unspecified atom stereocenters. The Morgan fingerprint density at radius 2 is 2.00 bits per heavy atom. The second-order valence-corrected chi connectivity index (χ2v) is 3.90. The van der Waals surface area contributed by atoms with Crippen molar-refractivity contribution in [2.45, 2.75) is 20.3 Å². The molecule has 1 rings (SSSR count). The van der Waals surface area contributed by atoms with E-state index in [-0.39, 0.29) is 6.61 Å². The molecule has 0 spiro atoms. The van der Waals surface area contributed by atoms with Crippen LogP contribution in [0.1, 0.15) is 25.8 Å². The molecule has 0 bridgehead atoms. The van der Waals surface area contributed by atoms with E-state index < -0.39 is 11.9 Å². The van der Waals surface area contributed by atoms with Gasteiger partial charge in [0, 0.05) is 5.57 Å². The SMILES string of the molecule is CCC=C=C(c1ccccc1)C(C=O)C(=O)OCC. The van der Waals surface area contributed by atoms with Crippen LogP contribution in [0.3, 0.4) is 0 Å². The van der Waals surface area contributed by atoms with Crippen molar-refractivity contribution in [1.82, 2.24) is 0 Å². The maximum Gasteiger partial charge on any atom is 0.321 e. The number of rotatable bonds is 6. The van der Waals surface area contributed by atoms with E-state index in [0.717, 1.165) is 12.0 Å². The van der Waals surface area contributed by atoms with Gasteiger partial charge < -0.3 is 9.53 Å². The Bertz CT molecular complexity index is 482. The number of carbonyl (C=O) groups excluding carboxylic acids is 2. The smallest absolute Gasteiger partial charge is 0.321 e. The fourth-order valence-electron chi connectivity index (χ4n) is 1.66. The van der Waals surface area contributed by atoms with E-state index >= 15 is 0 Å². The van der Waals surface area contributed by atoms with Crippen LogP contribution in [0.25, 0.3) is 5.57 Å². The fraction of sp³-hybridized carbons (Fsp3) is 0.312. The minimum atomic E-state index is -0.926. The number of hydrogen-bond donors (Lipinski definition) is 0. The minimum absolute atomic E-state index is 0.253. The molecule has 0 aromatic heterocycles. The summed E-state index contributed by atoms with van der Waals surface area (Å²) < 4.78 is 4.93. The Labute approximate surface area is 113 Å². The molecule has 0 heterocycles. The quantitative estimate of drug-likeness (QED) is 0.341. The van der Waals surface area contributed by atoms with Crippen molar-refractivity contribution in [3.8, 4) is 0 Å². The highest BCUT2D eigenvalue weighted by molar-refractivity contribution is 6.01. The van der Waals surface area contributed by atoms with Crippen LogP contribution in [-0.2, 0) is 14.3 Å². The lowest BCUT2D eigenvalue weighted by molar-refractivity contribution is -0.146. The van der Waals surface area contributed by atoms with Gasteiger partial charge in [-0.15, -0.1) is 5.73 Å². The molecule has 3 nitrogen and oxygen atoms in total. The number of ether oxygens (including phenoxy) is 1. The summed E-state index contributed by atoms with van der Waals surface area (Å²) in [5.74, 6) is -1.46. The van der Waals surface area contributed by atoms with Crippen LogP contribution < -0.4 is 0 Å². The van der Waals surface area contributed by atoms with Gasteiger partial charge in [0.25, 0.3) is 0 Å². The van der Waals surface area contributed by atoms with Crippen molar-refractivity contribution in [2.24, 2.45) is 5.92 Å². The standard InChI is InChI=1S/C16H18O3/c1-3-5-11-14(13-9-7-6-8-10-13)15(12-17)16(18)19-4-2/h5-10,12,15H,3-4H2,1-2H3. The third-order valence-electron chi connectivity index (χ3n) is 2.53. The molecule has 0 aliphatic rings. The zero-order valence-electron chi connectivity index (χ0n) is 11.3. The Balaban J connectivity index is 3.21. The monoisotopic (exact) mass is 258 g/mol. The highest BCUT2D eigenvalue weighted by Crippen LogP contribution is 2.22. The number of hydrogen-bond acceptors (Lipinski definition) is 3. The predicted molar refractivity (Wildman–Crippen MR) is 74.4 cm³/mol. The zero-order chi connectivity index (χ0) is 14.1. The third-order valence-corrected chi connectivity index (χ3v) is 2.53. The zero-order valence-corrected chi connectivity index (χ0v) is 11.3. The van der Waals surface area contributed by atoms with Gasteiger partial charge in [-0.05, 0) is 25.0 Å². The molecule has 0 amide bonds. The average Bonchev–Trinajstić information content (AvgIpc) is 2.44. The summed E-state index contributed by atoms with van der Waals surface area (Å²) in [4.78, 5) is 23.0. The summed E-state index contributed by atoms with van der Waals surface area (Å²) in [6.45, 7) is 3.94. The summed E-state index contributed by atoms with van der Waals surface area (Å²) >= 11 is 0. The normalized spacial score (nSPS) is 11.1. The molecule has 19 heavy (non-hydrogen) atoms. The van der Waals surface area contributed by atoms with E-state index in [4.69, 9.17) is 4.74 Å². The van der Waals surface area contributed by atoms with E-state index in [1.54, 1.807) is 13.0 Å². The van der Waals surface area contributed by atoms with Crippen molar-refractivity contribution in [2.75, 3.05) is 6.61 Å². The molecular weight excluding hydrogens is 240 g/mol. The van der Waals surface area contributed by atoms with E-state index in [1.165, 1.54) is 0 Å². The van der Waals surface area contributed by atoms with Gasteiger partial charge in [0.2, 0.25) is 0 Å². The summed E-state index contributed by atoms with van der Waals surface area (Å²) in [7, 11) is 0. The topological polar surface area (TPSA) is 43.4 Å². The molecule has 0 N–H and O–H groups in total. The van der Waals surface area contributed by atoms with Crippen LogP contribution in [0.2, 0.25) is 0 Å². The van der Waals surface area contributed by atoms with E-state index in [1.807, 2.05) is 37.3 Å². The number of esters is 1. The summed E-state index contributed by atoms with van der Waals surface area (Å²) in [5, 5.41) is 0. The predicted octanol–water partition coefficient (Wildman–Crippen LogP) is 3.01. The third kappa shape index (κ3) is 4.23. The van der Waals surface area contributed by atoms with Crippen LogP contribution in [-0.4, -0.2) is 18.9 Å². The summed E-state index contributed by atoms with van der Waals surface area (Å²) in [6, 6.07) is 9.29. The van der Waals surface area contributed by atoms with Crippen molar-refractivity contribution < 1.29 is 14.3 Å². The minimum Gasteiger partial charge on any atom is -0.465 e. The molecule has 1 aromatic rings. The van der Waals surface area contributed by atoms with Crippen LogP contribution >= 0.6 is 0 Å². The second-order valence-electron chi connectivity index (χ2n) is 3.90. The van der Waals surface area contributed by atoms with Crippen LogP contribution in [0, 0.1) is 5.92 Å². The van der Waals surface area contributed by atoms with Crippen molar-refractivity contribution >= 4 is 17.8 Å². The first-order chi connectivity index (χ1) is 9.24. The lowest BCUT2D eigenvalue weighted by Gasteiger charge is -2.12. The van der Waals surface area contributed by atoms with Gasteiger partial charge in [0.05, 0.1) is 6.61 Å². The molecular formula is C16H18O3. The number of carbonyl (C=O) groups is 2. The maximum atomic E-state index is 11.8. The van der Waals surface area contributed by atoms with Crippen molar-refractivity contribution in [1.29, 1.82) is 0 Å². The Morgan fingerprint density at radius 3 is 2.53 bits per heavy atom. The van der Waals surface area contributed by atoms with Gasteiger partial charge in [-0.3, -0.25) is 4.79 Å². The Morgan fingerprint density at radius 1 is 1.32 bits per heavy atom. The van der Waals surface area contributed by atoms with Gasteiger partial charge in [-0.2, -0.15) is 0 Å².